The molecular weight excluding hydrogens is 326 g/mol. The van der Waals surface area contributed by atoms with Crippen LogP contribution in [0.4, 0.5) is 5.69 Å². The van der Waals surface area contributed by atoms with Gasteiger partial charge in [-0.25, -0.2) is 4.98 Å². The number of aromatic nitrogens is 1. The first kappa shape index (κ1) is 19.4. The van der Waals surface area contributed by atoms with Crippen molar-refractivity contribution in [3.05, 3.63) is 36.2 Å². The lowest BCUT2D eigenvalue weighted by atomic mass is 10.1. The quantitative estimate of drug-likeness (QED) is 0.712. The molecule has 0 aliphatic heterocycles. The Morgan fingerprint density at radius 1 is 1.28 bits per heavy atom. The summed E-state index contributed by atoms with van der Waals surface area (Å²) in [7, 11) is 0.349. The lowest BCUT2D eigenvalue weighted by Crippen LogP contribution is -2.44. The number of nitriles is 1. The van der Waals surface area contributed by atoms with Crippen molar-refractivity contribution in [2.45, 2.75) is 51.9 Å². The van der Waals surface area contributed by atoms with Crippen molar-refractivity contribution in [2.75, 3.05) is 18.6 Å². The van der Waals surface area contributed by atoms with Gasteiger partial charge in [-0.3, -0.25) is 0 Å². The number of rotatable bonds is 5. The molecule has 25 heavy (non-hydrogen) atoms. The predicted octanol–water partition coefficient (Wildman–Crippen LogP) is 4.95. The molecule has 2 aromatic rings. The van der Waals surface area contributed by atoms with E-state index in [1.165, 1.54) is 0 Å². The maximum atomic E-state index is 9.18. The first-order valence-electron chi connectivity index (χ1n) is 8.72. The highest BCUT2D eigenvalue weighted by molar-refractivity contribution is 6.74. The lowest BCUT2D eigenvalue weighted by molar-refractivity contribution is 0.266. The first-order chi connectivity index (χ1) is 11.6. The van der Waals surface area contributed by atoms with E-state index in [-0.39, 0.29) is 11.1 Å². The van der Waals surface area contributed by atoms with E-state index in [9.17, 15) is 5.26 Å². The Bertz CT molecular complexity index is 790. The average molecular weight is 356 g/mol. The maximum absolute atomic E-state index is 9.18. The number of hydrogen-bond acceptors (Lipinski definition) is 4. The monoisotopic (exact) mass is 355 g/mol. The van der Waals surface area contributed by atoms with Crippen molar-refractivity contribution < 1.29 is 4.43 Å². The minimum atomic E-state index is -1.74. The van der Waals surface area contributed by atoms with Gasteiger partial charge in [0.25, 0.3) is 0 Å². The third-order valence-corrected chi connectivity index (χ3v) is 9.91. The highest BCUT2D eigenvalue weighted by atomic mass is 28.4. The van der Waals surface area contributed by atoms with Crippen molar-refractivity contribution in [2.24, 2.45) is 0 Å². The summed E-state index contributed by atoms with van der Waals surface area (Å²) in [6.07, 6.45) is 1.69. The molecule has 0 spiro atoms. The van der Waals surface area contributed by atoms with Crippen LogP contribution in [-0.4, -0.2) is 33.0 Å². The second-order valence-electron chi connectivity index (χ2n) is 8.21. The molecule has 5 heteroatoms. The van der Waals surface area contributed by atoms with E-state index in [2.05, 4.69) is 69.9 Å². The normalized spacial score (nSPS) is 13.5. The van der Waals surface area contributed by atoms with Crippen LogP contribution < -0.4 is 4.90 Å². The Hall–Kier alpha value is -1.90. The molecule has 0 bridgehead atoms. The molecule has 134 valence electrons. The number of pyridine rings is 1. The summed E-state index contributed by atoms with van der Waals surface area (Å²) in [5, 5.41) is 11.3. The third-order valence-electron chi connectivity index (χ3n) is 5.41. The minimum Gasteiger partial charge on any atom is -0.415 e. The van der Waals surface area contributed by atoms with Crippen molar-refractivity contribution in [1.82, 2.24) is 4.98 Å². The third kappa shape index (κ3) is 4.20. The number of likely N-dealkylation sites (N-methyl/N-ethyl adjacent to an activating group) is 1. The fourth-order valence-corrected chi connectivity index (χ4v) is 3.48. The van der Waals surface area contributed by atoms with E-state index in [0.717, 1.165) is 16.5 Å². The molecule has 0 radical (unpaired) electrons. The zero-order valence-corrected chi connectivity index (χ0v) is 17.4. The summed E-state index contributed by atoms with van der Waals surface area (Å²) >= 11 is 0. The smallest absolute Gasteiger partial charge is 0.192 e. The van der Waals surface area contributed by atoms with Crippen LogP contribution in [0.3, 0.4) is 0 Å². The first-order valence-corrected chi connectivity index (χ1v) is 11.6. The number of hydrogen-bond donors (Lipinski definition) is 0. The van der Waals surface area contributed by atoms with Gasteiger partial charge in [-0.2, -0.15) is 5.26 Å². The molecule has 1 atom stereocenters. The zero-order valence-electron chi connectivity index (χ0n) is 16.4. The molecule has 0 N–H and O–H groups in total. The van der Waals surface area contributed by atoms with E-state index in [4.69, 9.17) is 4.43 Å². The number of nitrogens with zero attached hydrogens (tertiary/aromatic N) is 3. The van der Waals surface area contributed by atoms with E-state index >= 15 is 0 Å². The van der Waals surface area contributed by atoms with Crippen molar-refractivity contribution in [3.63, 3.8) is 0 Å². The second kappa shape index (κ2) is 7.15. The summed E-state index contributed by atoms with van der Waals surface area (Å²) in [5.74, 6) is 0. The SMILES string of the molecule is C[C@H](CO[Si](C)(C)C(C)(C)C)N(C)c1ccc2c(C#N)nccc2c1. The van der Waals surface area contributed by atoms with Gasteiger partial charge in [-0.05, 0) is 54.7 Å². The van der Waals surface area contributed by atoms with E-state index < -0.39 is 8.32 Å². The predicted molar refractivity (Wildman–Crippen MR) is 107 cm³/mol. The van der Waals surface area contributed by atoms with Gasteiger partial charge in [-0.15, -0.1) is 0 Å². The molecule has 0 fully saturated rings. The van der Waals surface area contributed by atoms with Gasteiger partial charge in [0, 0.05) is 30.4 Å². The molecule has 0 saturated heterocycles. The molecule has 0 amide bonds. The molecule has 2 rings (SSSR count). The highest BCUT2D eigenvalue weighted by Crippen LogP contribution is 2.36. The van der Waals surface area contributed by atoms with E-state index in [1.54, 1.807) is 6.20 Å². The molecule has 0 unspecified atom stereocenters. The van der Waals surface area contributed by atoms with Crippen molar-refractivity contribution >= 4 is 24.8 Å². The summed E-state index contributed by atoms with van der Waals surface area (Å²) in [5.41, 5.74) is 1.59. The Labute approximate surface area is 152 Å². The summed E-state index contributed by atoms with van der Waals surface area (Å²) < 4.78 is 6.37. The van der Waals surface area contributed by atoms with Crippen LogP contribution in [0.15, 0.2) is 30.5 Å². The Balaban J connectivity index is 2.16. The van der Waals surface area contributed by atoms with Gasteiger partial charge in [0.15, 0.2) is 8.32 Å². The molecule has 0 saturated carbocycles. The lowest BCUT2D eigenvalue weighted by Gasteiger charge is -2.38. The van der Waals surface area contributed by atoms with E-state index in [0.29, 0.717) is 12.3 Å². The Kier molecular flexibility index (Phi) is 5.55. The molecule has 0 aliphatic rings. The van der Waals surface area contributed by atoms with Crippen LogP contribution in [0, 0.1) is 11.3 Å². The summed E-state index contributed by atoms with van der Waals surface area (Å²) in [4.78, 5) is 6.36. The highest BCUT2D eigenvalue weighted by Gasteiger charge is 2.37. The zero-order chi connectivity index (χ0) is 18.8. The Morgan fingerprint density at radius 3 is 2.56 bits per heavy atom. The molecule has 1 aromatic heterocycles. The molecule has 1 aromatic carbocycles. The largest absolute Gasteiger partial charge is 0.415 e. The van der Waals surface area contributed by atoms with Gasteiger partial charge in [0.1, 0.15) is 11.8 Å². The number of benzene rings is 1. The fraction of sp³-hybridized carbons (Fsp3) is 0.500. The standard InChI is InChI=1S/C20H29N3OSi/c1-15(14-24-25(6,7)20(2,3)4)23(5)17-8-9-18-16(12-17)10-11-22-19(18)13-21/h8-12,15H,14H2,1-7H3/t15-/m1/s1. The van der Waals surface area contributed by atoms with Gasteiger partial charge in [-0.1, -0.05) is 20.8 Å². The van der Waals surface area contributed by atoms with Gasteiger partial charge in [0.2, 0.25) is 0 Å². The van der Waals surface area contributed by atoms with Crippen LogP contribution in [0.25, 0.3) is 10.8 Å². The van der Waals surface area contributed by atoms with Gasteiger partial charge in [0.05, 0.1) is 6.61 Å². The van der Waals surface area contributed by atoms with Crippen LogP contribution in [0.5, 0.6) is 0 Å². The maximum Gasteiger partial charge on any atom is 0.192 e. The molecular formula is C20H29N3OSi. The molecule has 1 heterocycles. The molecule has 0 aliphatic carbocycles. The molecule has 4 nitrogen and oxygen atoms in total. The van der Waals surface area contributed by atoms with E-state index in [1.807, 2.05) is 18.2 Å². The minimum absolute atomic E-state index is 0.217. The van der Waals surface area contributed by atoms with Crippen LogP contribution in [-0.2, 0) is 4.43 Å². The average Bonchev–Trinajstić information content (AvgIpc) is 2.56. The fourth-order valence-electron chi connectivity index (χ4n) is 2.39. The van der Waals surface area contributed by atoms with Gasteiger partial charge >= 0.3 is 0 Å². The summed E-state index contributed by atoms with van der Waals surface area (Å²) in [6.45, 7) is 14.3. The number of fused-ring (bicyclic) bond motifs is 1. The Morgan fingerprint density at radius 2 is 1.96 bits per heavy atom. The van der Waals surface area contributed by atoms with Crippen LogP contribution >= 0.6 is 0 Å². The van der Waals surface area contributed by atoms with Crippen molar-refractivity contribution in [1.29, 1.82) is 5.26 Å². The van der Waals surface area contributed by atoms with Gasteiger partial charge < -0.3 is 9.33 Å². The second-order valence-corrected chi connectivity index (χ2v) is 13.0. The van der Waals surface area contributed by atoms with Crippen molar-refractivity contribution in [3.8, 4) is 6.07 Å². The summed E-state index contributed by atoms with van der Waals surface area (Å²) in [6, 6.07) is 10.5. The van der Waals surface area contributed by atoms with Crippen LogP contribution in [0.1, 0.15) is 33.4 Å². The number of anilines is 1. The topological polar surface area (TPSA) is 49.1 Å². The van der Waals surface area contributed by atoms with Crippen LogP contribution in [0.2, 0.25) is 18.1 Å².